The summed E-state index contributed by atoms with van der Waals surface area (Å²) in [6.07, 6.45) is 7.97. The number of rotatable bonds is 0. The molecule has 4 rings (SSSR count). The van der Waals surface area contributed by atoms with E-state index in [0.29, 0.717) is 17.8 Å². The van der Waals surface area contributed by atoms with Gasteiger partial charge in [0, 0.05) is 0 Å². The van der Waals surface area contributed by atoms with Crippen molar-refractivity contribution >= 4 is 0 Å². The number of hydrogen-bond donors (Lipinski definition) is 3. The molecule has 0 bridgehead atoms. The molecule has 3 N–H and O–H groups in total. The van der Waals surface area contributed by atoms with Crippen molar-refractivity contribution in [2.45, 2.75) is 77.1 Å². The Morgan fingerprint density at radius 1 is 0.955 bits per heavy atom. The van der Waals surface area contributed by atoms with Gasteiger partial charge in [0.15, 0.2) is 0 Å². The Morgan fingerprint density at radius 3 is 2.50 bits per heavy atom. The first-order valence-electron chi connectivity index (χ1n) is 9.11. The standard InChI is InChI=1S/C19H30O3/c1-18-7-5-12(20)9-11(18)10-15(21)17-13-3-4-16(22)19(13,2)8-6-14(17)18/h9,12-17,20-22H,3-8,10H2,1-2H3/t12-,13-,14-,15+,16-,17-,18-,19-/m0/s1. The van der Waals surface area contributed by atoms with Gasteiger partial charge in [-0.05, 0) is 73.5 Å². The van der Waals surface area contributed by atoms with Crippen molar-refractivity contribution in [1.82, 2.24) is 0 Å². The molecule has 3 nitrogen and oxygen atoms in total. The molecule has 4 aliphatic rings. The van der Waals surface area contributed by atoms with Crippen LogP contribution in [-0.2, 0) is 0 Å². The van der Waals surface area contributed by atoms with E-state index in [4.69, 9.17) is 0 Å². The van der Waals surface area contributed by atoms with Crippen LogP contribution >= 0.6 is 0 Å². The Bertz CT molecular complexity index is 501. The zero-order valence-corrected chi connectivity index (χ0v) is 13.8. The minimum absolute atomic E-state index is 0.00784. The highest BCUT2D eigenvalue weighted by Crippen LogP contribution is 2.65. The lowest BCUT2D eigenvalue weighted by molar-refractivity contribution is -0.121. The van der Waals surface area contributed by atoms with E-state index in [1.54, 1.807) is 0 Å². The number of hydrogen-bond acceptors (Lipinski definition) is 3. The number of aliphatic hydroxyl groups excluding tert-OH is 3. The molecule has 22 heavy (non-hydrogen) atoms. The Morgan fingerprint density at radius 2 is 1.73 bits per heavy atom. The molecular formula is C19H30O3. The summed E-state index contributed by atoms with van der Waals surface area (Å²) in [7, 11) is 0. The molecule has 0 amide bonds. The second kappa shape index (κ2) is 4.81. The van der Waals surface area contributed by atoms with Gasteiger partial charge in [0.2, 0.25) is 0 Å². The molecule has 8 atom stereocenters. The van der Waals surface area contributed by atoms with Crippen LogP contribution in [0.2, 0.25) is 0 Å². The van der Waals surface area contributed by atoms with Gasteiger partial charge in [0.05, 0.1) is 18.3 Å². The summed E-state index contributed by atoms with van der Waals surface area (Å²) in [6.45, 7) is 4.61. The minimum Gasteiger partial charge on any atom is -0.393 e. The normalized spacial score (nSPS) is 57.6. The van der Waals surface area contributed by atoms with Crippen LogP contribution in [0.4, 0.5) is 0 Å². The Balaban J connectivity index is 1.72. The summed E-state index contributed by atoms with van der Waals surface area (Å²) in [5.41, 5.74) is 1.45. The molecule has 124 valence electrons. The quantitative estimate of drug-likeness (QED) is 0.603. The fourth-order valence-electron chi connectivity index (χ4n) is 6.65. The molecular weight excluding hydrogens is 276 g/mol. The fraction of sp³-hybridized carbons (Fsp3) is 0.895. The highest BCUT2D eigenvalue weighted by molar-refractivity contribution is 5.27. The van der Waals surface area contributed by atoms with Crippen LogP contribution in [0.3, 0.4) is 0 Å². The summed E-state index contributed by atoms with van der Waals surface area (Å²) in [5, 5.41) is 31.3. The maximum atomic E-state index is 10.9. The lowest BCUT2D eigenvalue weighted by Gasteiger charge is -2.59. The van der Waals surface area contributed by atoms with Crippen molar-refractivity contribution in [2.24, 2.45) is 28.6 Å². The Kier molecular flexibility index (Phi) is 3.32. The topological polar surface area (TPSA) is 60.7 Å². The first kappa shape index (κ1) is 15.2. The molecule has 0 spiro atoms. The third-order valence-corrected chi connectivity index (χ3v) is 8.06. The van der Waals surface area contributed by atoms with Crippen LogP contribution < -0.4 is 0 Å². The third-order valence-electron chi connectivity index (χ3n) is 8.06. The molecule has 0 aromatic heterocycles. The Labute approximate surface area is 133 Å². The van der Waals surface area contributed by atoms with Gasteiger partial charge in [-0.1, -0.05) is 25.5 Å². The summed E-state index contributed by atoms with van der Waals surface area (Å²) in [4.78, 5) is 0. The van der Waals surface area contributed by atoms with Crippen molar-refractivity contribution in [2.75, 3.05) is 0 Å². The highest BCUT2D eigenvalue weighted by atomic mass is 16.3. The lowest BCUT2D eigenvalue weighted by Crippen LogP contribution is -2.56. The first-order valence-corrected chi connectivity index (χ1v) is 9.11. The van der Waals surface area contributed by atoms with E-state index in [0.717, 1.165) is 44.9 Å². The molecule has 0 aromatic rings. The zero-order valence-electron chi connectivity index (χ0n) is 13.8. The summed E-state index contributed by atoms with van der Waals surface area (Å²) in [5.74, 6) is 1.30. The summed E-state index contributed by atoms with van der Waals surface area (Å²) < 4.78 is 0. The van der Waals surface area contributed by atoms with Crippen LogP contribution in [0.5, 0.6) is 0 Å². The first-order chi connectivity index (χ1) is 10.4. The predicted molar refractivity (Wildman–Crippen MR) is 85.1 cm³/mol. The van der Waals surface area contributed by atoms with E-state index in [-0.39, 0.29) is 29.1 Å². The van der Waals surface area contributed by atoms with E-state index in [1.807, 2.05) is 6.08 Å². The molecule has 3 heteroatoms. The van der Waals surface area contributed by atoms with Gasteiger partial charge in [0.25, 0.3) is 0 Å². The molecule has 0 saturated heterocycles. The van der Waals surface area contributed by atoms with Gasteiger partial charge >= 0.3 is 0 Å². The van der Waals surface area contributed by atoms with Crippen molar-refractivity contribution in [1.29, 1.82) is 0 Å². The van der Waals surface area contributed by atoms with Crippen molar-refractivity contribution < 1.29 is 15.3 Å². The highest BCUT2D eigenvalue weighted by Gasteiger charge is 2.61. The molecule has 0 heterocycles. The van der Waals surface area contributed by atoms with Crippen LogP contribution in [0.25, 0.3) is 0 Å². The Hall–Kier alpha value is -0.380. The van der Waals surface area contributed by atoms with E-state index in [1.165, 1.54) is 5.57 Å². The summed E-state index contributed by atoms with van der Waals surface area (Å²) >= 11 is 0. The van der Waals surface area contributed by atoms with E-state index in [9.17, 15) is 15.3 Å². The SMILES string of the molecule is C[C@]12CC[C@H]3[C@@H]([C@H](O)CC4=C[C@@H](O)CC[C@@]43C)[C@@H]1CC[C@@H]2O. The molecule has 0 aromatic carbocycles. The van der Waals surface area contributed by atoms with E-state index >= 15 is 0 Å². The molecule has 0 radical (unpaired) electrons. The van der Waals surface area contributed by atoms with Crippen LogP contribution in [0.15, 0.2) is 11.6 Å². The molecule has 0 aliphatic heterocycles. The number of aliphatic hydroxyl groups is 3. The van der Waals surface area contributed by atoms with Crippen LogP contribution in [0.1, 0.15) is 58.8 Å². The van der Waals surface area contributed by atoms with Crippen molar-refractivity contribution in [3.05, 3.63) is 11.6 Å². The maximum Gasteiger partial charge on any atom is 0.0724 e. The largest absolute Gasteiger partial charge is 0.393 e. The van der Waals surface area contributed by atoms with Gasteiger partial charge in [0.1, 0.15) is 0 Å². The molecule has 4 aliphatic carbocycles. The smallest absolute Gasteiger partial charge is 0.0724 e. The van der Waals surface area contributed by atoms with Crippen molar-refractivity contribution in [3.8, 4) is 0 Å². The molecule has 0 unspecified atom stereocenters. The lowest BCUT2D eigenvalue weighted by atomic mass is 9.46. The minimum atomic E-state index is -0.325. The van der Waals surface area contributed by atoms with Gasteiger partial charge in [-0.2, -0.15) is 0 Å². The average Bonchev–Trinajstić information content (AvgIpc) is 2.77. The monoisotopic (exact) mass is 306 g/mol. The summed E-state index contributed by atoms with van der Waals surface area (Å²) in [6, 6.07) is 0. The van der Waals surface area contributed by atoms with Gasteiger partial charge in [-0.25, -0.2) is 0 Å². The van der Waals surface area contributed by atoms with Gasteiger partial charge in [-0.3, -0.25) is 0 Å². The van der Waals surface area contributed by atoms with E-state index < -0.39 is 0 Å². The van der Waals surface area contributed by atoms with Gasteiger partial charge < -0.3 is 15.3 Å². The average molecular weight is 306 g/mol. The van der Waals surface area contributed by atoms with Crippen molar-refractivity contribution in [3.63, 3.8) is 0 Å². The van der Waals surface area contributed by atoms with E-state index in [2.05, 4.69) is 13.8 Å². The third kappa shape index (κ3) is 1.85. The maximum absolute atomic E-state index is 10.9. The predicted octanol–water partition coefficient (Wildman–Crippen LogP) is 2.64. The zero-order chi connectivity index (χ0) is 15.7. The van der Waals surface area contributed by atoms with Crippen LogP contribution in [-0.4, -0.2) is 33.6 Å². The van der Waals surface area contributed by atoms with Crippen LogP contribution in [0, 0.1) is 28.6 Å². The second-order valence-electron chi connectivity index (χ2n) is 8.91. The molecule has 3 saturated carbocycles. The fourth-order valence-corrected chi connectivity index (χ4v) is 6.65. The number of fused-ring (bicyclic) bond motifs is 5. The molecule has 3 fully saturated rings. The second-order valence-corrected chi connectivity index (χ2v) is 8.91. The van der Waals surface area contributed by atoms with Gasteiger partial charge in [-0.15, -0.1) is 0 Å².